The molecule has 0 radical (unpaired) electrons. The highest BCUT2D eigenvalue weighted by atomic mass is 15.0. The number of aryl methyl sites for hydroxylation is 2. The molecule has 8 aromatic rings. The van der Waals surface area contributed by atoms with Gasteiger partial charge in [0, 0.05) is 38.6 Å². The van der Waals surface area contributed by atoms with E-state index in [-0.39, 0.29) is 5.41 Å². The van der Waals surface area contributed by atoms with Crippen molar-refractivity contribution in [2.24, 2.45) is 0 Å². The summed E-state index contributed by atoms with van der Waals surface area (Å²) in [5.74, 6) is 0. The summed E-state index contributed by atoms with van der Waals surface area (Å²) in [5, 5.41) is 2.59. The average molecular weight is 617 g/mol. The van der Waals surface area contributed by atoms with Crippen LogP contribution in [0, 0.1) is 13.8 Å². The van der Waals surface area contributed by atoms with Crippen LogP contribution in [0.5, 0.6) is 0 Å². The second kappa shape index (κ2) is 10.7. The van der Waals surface area contributed by atoms with E-state index in [1.165, 1.54) is 60.8 Å². The van der Waals surface area contributed by atoms with Crippen molar-refractivity contribution in [2.45, 2.75) is 33.1 Å². The fourth-order valence-corrected chi connectivity index (χ4v) is 7.97. The van der Waals surface area contributed by atoms with Crippen molar-refractivity contribution in [3.05, 3.63) is 168 Å². The fraction of sp³-hybridized carbons (Fsp3) is 0.109. The zero-order valence-electron chi connectivity index (χ0n) is 27.8. The van der Waals surface area contributed by atoms with Crippen LogP contribution in [0.2, 0.25) is 0 Å². The zero-order valence-corrected chi connectivity index (χ0v) is 27.8. The summed E-state index contributed by atoms with van der Waals surface area (Å²) in [6.45, 7) is 9.13. The van der Waals surface area contributed by atoms with Gasteiger partial charge in [-0.15, -0.1) is 0 Å². The molecule has 0 atom stereocenters. The minimum atomic E-state index is -0.0665. The lowest BCUT2D eigenvalue weighted by atomic mass is 9.82. The molecule has 1 aliphatic carbocycles. The topological polar surface area (TPSA) is 17.8 Å². The van der Waals surface area contributed by atoms with Crippen LogP contribution >= 0.6 is 0 Å². The molecule has 0 bridgehead atoms. The monoisotopic (exact) mass is 616 g/mol. The molecule has 0 saturated carbocycles. The number of rotatable bonds is 4. The molecular formula is C46H36N2. The maximum absolute atomic E-state index is 5.24. The maximum Gasteiger partial charge on any atom is 0.0718 e. The SMILES string of the molecule is Cc1ccc2c(c1)c1ccc3c(c1n2-c1ccc(-c2cc(-c4ccccc4)cc(-c4ccccc4)n2)c(C)c1)-c1ccccc1C3(C)C. The fourth-order valence-electron chi connectivity index (χ4n) is 7.97. The predicted molar refractivity (Wildman–Crippen MR) is 202 cm³/mol. The first-order chi connectivity index (χ1) is 23.4. The van der Waals surface area contributed by atoms with Gasteiger partial charge in [0.15, 0.2) is 0 Å². The quantitative estimate of drug-likeness (QED) is 0.192. The Kier molecular flexibility index (Phi) is 6.32. The highest BCUT2D eigenvalue weighted by Crippen LogP contribution is 2.53. The van der Waals surface area contributed by atoms with Crippen molar-refractivity contribution in [1.29, 1.82) is 0 Å². The summed E-state index contributed by atoms with van der Waals surface area (Å²) in [5.41, 5.74) is 18.1. The van der Waals surface area contributed by atoms with E-state index >= 15 is 0 Å². The summed E-state index contributed by atoms with van der Waals surface area (Å²) in [6.07, 6.45) is 0. The average Bonchev–Trinajstić information content (AvgIpc) is 3.57. The lowest BCUT2D eigenvalue weighted by molar-refractivity contribution is 0.661. The van der Waals surface area contributed by atoms with Crippen LogP contribution in [-0.2, 0) is 5.41 Å². The van der Waals surface area contributed by atoms with E-state index in [0.717, 1.165) is 33.8 Å². The van der Waals surface area contributed by atoms with Gasteiger partial charge in [0.25, 0.3) is 0 Å². The van der Waals surface area contributed by atoms with Crippen LogP contribution in [0.15, 0.2) is 146 Å². The smallest absolute Gasteiger partial charge is 0.0718 e. The van der Waals surface area contributed by atoms with Gasteiger partial charge in [0.2, 0.25) is 0 Å². The molecule has 9 rings (SSSR count). The third kappa shape index (κ3) is 4.29. The van der Waals surface area contributed by atoms with Crippen molar-refractivity contribution in [1.82, 2.24) is 9.55 Å². The molecule has 0 saturated heterocycles. The van der Waals surface area contributed by atoms with E-state index in [4.69, 9.17) is 4.98 Å². The number of pyridine rings is 1. The van der Waals surface area contributed by atoms with Gasteiger partial charge in [0.05, 0.1) is 22.4 Å². The summed E-state index contributed by atoms with van der Waals surface area (Å²) in [7, 11) is 0. The summed E-state index contributed by atoms with van der Waals surface area (Å²) < 4.78 is 2.50. The molecule has 2 nitrogen and oxygen atoms in total. The highest BCUT2D eigenvalue weighted by Gasteiger charge is 2.37. The Labute approximate surface area is 282 Å². The molecule has 0 unspecified atom stereocenters. The zero-order chi connectivity index (χ0) is 32.6. The van der Waals surface area contributed by atoms with Gasteiger partial charge < -0.3 is 4.57 Å². The van der Waals surface area contributed by atoms with E-state index in [9.17, 15) is 0 Å². The first-order valence-electron chi connectivity index (χ1n) is 16.8. The van der Waals surface area contributed by atoms with Gasteiger partial charge in [0.1, 0.15) is 0 Å². The minimum absolute atomic E-state index is 0.0665. The number of fused-ring (bicyclic) bond motifs is 7. The van der Waals surface area contributed by atoms with Gasteiger partial charge >= 0.3 is 0 Å². The van der Waals surface area contributed by atoms with Crippen molar-refractivity contribution < 1.29 is 0 Å². The Hall–Kier alpha value is -5.73. The molecule has 6 aromatic carbocycles. The third-order valence-electron chi connectivity index (χ3n) is 10.4. The first-order valence-corrected chi connectivity index (χ1v) is 16.8. The van der Waals surface area contributed by atoms with Crippen molar-refractivity contribution in [2.75, 3.05) is 0 Å². The van der Waals surface area contributed by atoms with Crippen LogP contribution in [0.25, 0.3) is 72.3 Å². The molecule has 0 N–H and O–H groups in total. The summed E-state index contributed by atoms with van der Waals surface area (Å²) in [4.78, 5) is 5.24. The molecule has 0 spiro atoms. The first kappa shape index (κ1) is 28.5. The Morgan fingerprint density at radius 1 is 0.521 bits per heavy atom. The van der Waals surface area contributed by atoms with Crippen molar-refractivity contribution >= 4 is 21.8 Å². The largest absolute Gasteiger partial charge is 0.309 e. The normalized spacial score (nSPS) is 13.2. The predicted octanol–water partition coefficient (Wildman–Crippen LogP) is 12.1. The second-order valence-electron chi connectivity index (χ2n) is 13.8. The number of nitrogens with zero attached hydrogens (tertiary/aromatic N) is 2. The number of aromatic nitrogens is 2. The minimum Gasteiger partial charge on any atom is -0.309 e. The standard InChI is InChI=1S/C46H36N2/c1-29-19-24-43-38(25-29)36-22-23-40-44(37-17-11-12-18-39(37)46(40,3)4)45(36)48(43)34-20-21-35(30(2)26-34)42-28-33(31-13-7-5-8-14-31)27-41(47-42)32-15-9-6-10-16-32/h5-28H,1-4H3. The van der Waals surface area contributed by atoms with E-state index in [2.05, 4.69) is 178 Å². The number of benzene rings is 6. The molecule has 0 fully saturated rings. The lowest BCUT2D eigenvalue weighted by Gasteiger charge is -2.21. The molecule has 48 heavy (non-hydrogen) atoms. The molecular weight excluding hydrogens is 581 g/mol. The third-order valence-corrected chi connectivity index (χ3v) is 10.4. The molecule has 1 aliphatic rings. The maximum atomic E-state index is 5.24. The molecule has 2 heterocycles. The Bertz CT molecular complexity index is 2480. The Morgan fingerprint density at radius 3 is 2.00 bits per heavy atom. The van der Waals surface area contributed by atoms with Crippen LogP contribution in [-0.4, -0.2) is 9.55 Å². The van der Waals surface area contributed by atoms with E-state index in [1.807, 2.05) is 0 Å². The van der Waals surface area contributed by atoms with Gasteiger partial charge in [-0.1, -0.05) is 129 Å². The van der Waals surface area contributed by atoms with Crippen LogP contribution in [0.4, 0.5) is 0 Å². The van der Waals surface area contributed by atoms with Gasteiger partial charge in [-0.2, -0.15) is 0 Å². The van der Waals surface area contributed by atoms with Crippen LogP contribution < -0.4 is 0 Å². The lowest BCUT2D eigenvalue weighted by Crippen LogP contribution is -2.14. The molecule has 0 amide bonds. The second-order valence-corrected chi connectivity index (χ2v) is 13.8. The van der Waals surface area contributed by atoms with Crippen molar-refractivity contribution in [3.63, 3.8) is 0 Å². The van der Waals surface area contributed by atoms with Gasteiger partial charge in [-0.25, -0.2) is 4.98 Å². The van der Waals surface area contributed by atoms with Crippen molar-refractivity contribution in [3.8, 4) is 50.5 Å². The summed E-state index contributed by atoms with van der Waals surface area (Å²) >= 11 is 0. The van der Waals surface area contributed by atoms with E-state index in [0.29, 0.717) is 0 Å². The Balaban J connectivity index is 1.28. The number of hydrogen-bond donors (Lipinski definition) is 0. The molecule has 230 valence electrons. The Morgan fingerprint density at radius 2 is 1.23 bits per heavy atom. The molecule has 2 aromatic heterocycles. The summed E-state index contributed by atoms with van der Waals surface area (Å²) in [6, 6.07) is 53.0. The molecule has 2 heteroatoms. The van der Waals surface area contributed by atoms with Gasteiger partial charge in [-0.3, -0.25) is 0 Å². The molecule has 0 aliphatic heterocycles. The van der Waals surface area contributed by atoms with Crippen LogP contribution in [0.3, 0.4) is 0 Å². The van der Waals surface area contributed by atoms with Crippen LogP contribution in [0.1, 0.15) is 36.1 Å². The highest BCUT2D eigenvalue weighted by molar-refractivity contribution is 6.15. The van der Waals surface area contributed by atoms with E-state index < -0.39 is 0 Å². The van der Waals surface area contributed by atoms with Gasteiger partial charge in [-0.05, 0) is 83.6 Å². The number of hydrogen-bond acceptors (Lipinski definition) is 1. The van der Waals surface area contributed by atoms with E-state index in [1.54, 1.807) is 0 Å².